The Labute approximate surface area is 194 Å². The first-order valence-corrected chi connectivity index (χ1v) is 11.3. The summed E-state index contributed by atoms with van der Waals surface area (Å²) >= 11 is 0. The summed E-state index contributed by atoms with van der Waals surface area (Å²) in [6, 6.07) is 7.82. The van der Waals surface area contributed by atoms with E-state index in [0.29, 0.717) is 37.0 Å². The average Bonchev–Trinajstić information content (AvgIpc) is 3.14. The molecule has 0 bridgehead atoms. The zero-order valence-electron chi connectivity index (χ0n) is 19.9. The number of furan rings is 1. The lowest BCUT2D eigenvalue weighted by Crippen LogP contribution is -2.39. The maximum absolute atomic E-state index is 13.4. The lowest BCUT2D eigenvalue weighted by Gasteiger charge is -2.32. The van der Waals surface area contributed by atoms with E-state index in [-0.39, 0.29) is 17.7 Å². The van der Waals surface area contributed by atoms with E-state index in [0.717, 1.165) is 40.6 Å². The molecule has 8 nitrogen and oxygen atoms in total. The minimum Gasteiger partial charge on any atom is -0.451 e. The molecule has 3 heterocycles. The number of hydrogen-bond donors (Lipinski definition) is 1. The first-order valence-electron chi connectivity index (χ1n) is 11.3. The van der Waals surface area contributed by atoms with Crippen LogP contribution >= 0.6 is 0 Å². The zero-order valence-corrected chi connectivity index (χ0v) is 19.9. The highest BCUT2D eigenvalue weighted by molar-refractivity contribution is 5.99. The molecule has 8 heteroatoms. The first-order chi connectivity index (χ1) is 15.8. The van der Waals surface area contributed by atoms with E-state index in [1.807, 2.05) is 44.0 Å². The molecule has 1 saturated heterocycles. The number of anilines is 1. The van der Waals surface area contributed by atoms with Crippen molar-refractivity contribution in [1.29, 1.82) is 0 Å². The summed E-state index contributed by atoms with van der Waals surface area (Å²) in [5, 5.41) is 4.07. The van der Waals surface area contributed by atoms with Crippen LogP contribution in [-0.2, 0) is 11.3 Å². The third-order valence-corrected chi connectivity index (χ3v) is 6.35. The topological polar surface area (TPSA) is 91.6 Å². The smallest absolute Gasteiger partial charge is 0.289 e. The van der Waals surface area contributed by atoms with Gasteiger partial charge in [0.05, 0.1) is 12.2 Å². The number of carbonyl (C=O) groups excluding carboxylic acids is 2. The minimum absolute atomic E-state index is 0.0179. The summed E-state index contributed by atoms with van der Waals surface area (Å²) in [5.74, 6) is 1.72. The summed E-state index contributed by atoms with van der Waals surface area (Å²) < 4.78 is 5.96. The molecule has 4 rings (SSSR count). The molecule has 0 saturated carbocycles. The number of nitrogens with one attached hydrogen (secondary N) is 1. The molecule has 1 N–H and O–H groups in total. The second-order valence-electron chi connectivity index (χ2n) is 8.87. The summed E-state index contributed by atoms with van der Waals surface area (Å²) in [5.41, 5.74) is 3.52. The van der Waals surface area contributed by atoms with Gasteiger partial charge in [0.1, 0.15) is 17.2 Å². The highest BCUT2D eigenvalue weighted by Gasteiger charge is 2.30. The lowest BCUT2D eigenvalue weighted by atomic mass is 9.96. The van der Waals surface area contributed by atoms with Crippen LogP contribution in [0.3, 0.4) is 0 Å². The van der Waals surface area contributed by atoms with E-state index in [9.17, 15) is 9.59 Å². The number of fused-ring (bicyclic) bond motifs is 1. The molecule has 1 fully saturated rings. The van der Waals surface area contributed by atoms with Crippen molar-refractivity contribution in [2.45, 2.75) is 46.1 Å². The minimum atomic E-state index is -0.0904. The lowest BCUT2D eigenvalue weighted by molar-refractivity contribution is -0.128. The van der Waals surface area contributed by atoms with Crippen LogP contribution in [0.5, 0.6) is 0 Å². The molecule has 1 aliphatic rings. The Morgan fingerprint density at radius 1 is 1.24 bits per heavy atom. The van der Waals surface area contributed by atoms with Crippen LogP contribution in [0.2, 0.25) is 0 Å². The number of benzene rings is 1. The van der Waals surface area contributed by atoms with Crippen LogP contribution in [0.25, 0.3) is 11.0 Å². The number of likely N-dealkylation sites (tertiary alicyclic amines) is 1. The second kappa shape index (κ2) is 9.21. The highest BCUT2D eigenvalue weighted by Crippen LogP contribution is 2.30. The molecule has 0 radical (unpaired) electrons. The summed E-state index contributed by atoms with van der Waals surface area (Å²) in [6.07, 6.45) is 1.77. The van der Waals surface area contributed by atoms with Crippen molar-refractivity contribution >= 4 is 28.6 Å². The number of nitrogens with zero attached hydrogens (tertiary/aromatic N) is 4. The standard InChI is InChI=1S/C25H31N5O3/c1-15-8-9-21-20(11-15)16(2)23(33-21)25(32)30-10-6-7-18(13-30)24-27-19(12-22(26-4)28-24)14-29(5)17(3)31/h8-9,11-12,18H,6-7,10,13-14H2,1-5H3,(H,26,27,28)/t18-/m1/s1. The van der Waals surface area contributed by atoms with E-state index in [1.54, 1.807) is 11.9 Å². The fourth-order valence-electron chi connectivity index (χ4n) is 4.32. The third kappa shape index (κ3) is 4.69. The number of aromatic nitrogens is 2. The van der Waals surface area contributed by atoms with Crippen molar-refractivity contribution in [3.05, 3.63) is 52.7 Å². The van der Waals surface area contributed by atoms with E-state index in [1.165, 1.54) is 6.92 Å². The van der Waals surface area contributed by atoms with E-state index >= 15 is 0 Å². The number of rotatable bonds is 5. The fourth-order valence-corrected chi connectivity index (χ4v) is 4.32. The Morgan fingerprint density at radius 2 is 2.03 bits per heavy atom. The van der Waals surface area contributed by atoms with Gasteiger partial charge in [-0.15, -0.1) is 0 Å². The Kier molecular flexibility index (Phi) is 6.35. The number of aryl methyl sites for hydroxylation is 2. The average molecular weight is 450 g/mol. The number of carbonyl (C=O) groups is 2. The zero-order chi connectivity index (χ0) is 23.7. The van der Waals surface area contributed by atoms with Crippen molar-refractivity contribution in [3.63, 3.8) is 0 Å². The molecule has 1 aliphatic heterocycles. The van der Waals surface area contributed by atoms with Crippen molar-refractivity contribution in [2.24, 2.45) is 0 Å². The van der Waals surface area contributed by atoms with Gasteiger partial charge in [-0.2, -0.15) is 0 Å². The van der Waals surface area contributed by atoms with E-state index in [2.05, 4.69) is 16.4 Å². The molecule has 33 heavy (non-hydrogen) atoms. The SMILES string of the molecule is CNc1cc(CN(C)C(C)=O)nc([C@@H]2CCCN(C(=O)c3oc4ccc(C)cc4c3C)C2)n1. The molecule has 0 aliphatic carbocycles. The van der Waals surface area contributed by atoms with Gasteiger partial charge in [-0.1, -0.05) is 11.6 Å². The maximum atomic E-state index is 13.4. The maximum Gasteiger partial charge on any atom is 0.289 e. The Hall–Kier alpha value is -3.42. The van der Waals surface area contributed by atoms with Crippen molar-refractivity contribution in [1.82, 2.24) is 19.8 Å². The predicted molar refractivity (Wildman–Crippen MR) is 127 cm³/mol. The van der Waals surface area contributed by atoms with Gasteiger partial charge in [-0.25, -0.2) is 9.97 Å². The monoisotopic (exact) mass is 449 g/mol. The molecule has 1 atom stereocenters. The third-order valence-electron chi connectivity index (χ3n) is 6.35. The molecule has 2 amide bonds. The van der Waals surface area contributed by atoms with Gasteiger partial charge < -0.3 is 19.5 Å². The van der Waals surface area contributed by atoms with Crippen LogP contribution in [0.4, 0.5) is 5.82 Å². The van der Waals surface area contributed by atoms with Crippen LogP contribution < -0.4 is 5.32 Å². The van der Waals surface area contributed by atoms with Gasteiger partial charge in [-0.3, -0.25) is 9.59 Å². The predicted octanol–water partition coefficient (Wildman–Crippen LogP) is 3.88. The van der Waals surface area contributed by atoms with Crippen molar-refractivity contribution in [2.75, 3.05) is 32.5 Å². The molecular weight excluding hydrogens is 418 g/mol. The summed E-state index contributed by atoms with van der Waals surface area (Å²) in [7, 11) is 3.56. The number of hydrogen-bond acceptors (Lipinski definition) is 6. The Bertz CT molecular complexity index is 1200. The highest BCUT2D eigenvalue weighted by atomic mass is 16.3. The first kappa shape index (κ1) is 22.8. The van der Waals surface area contributed by atoms with Crippen molar-refractivity contribution < 1.29 is 14.0 Å². The van der Waals surface area contributed by atoms with Gasteiger partial charge in [-0.05, 0) is 38.8 Å². The summed E-state index contributed by atoms with van der Waals surface area (Å²) in [4.78, 5) is 38.0. The van der Waals surface area contributed by atoms with Gasteiger partial charge in [0.15, 0.2) is 5.76 Å². The molecule has 0 unspecified atom stereocenters. The van der Waals surface area contributed by atoms with Crippen LogP contribution in [0, 0.1) is 13.8 Å². The Balaban J connectivity index is 1.58. The number of piperidine rings is 1. The molecule has 3 aromatic rings. The van der Waals surface area contributed by atoms with Crippen LogP contribution in [0.15, 0.2) is 28.7 Å². The fraction of sp³-hybridized carbons (Fsp3) is 0.440. The molecule has 174 valence electrons. The molecule has 2 aromatic heterocycles. The van der Waals surface area contributed by atoms with Crippen LogP contribution in [-0.4, -0.2) is 58.8 Å². The van der Waals surface area contributed by atoms with Crippen molar-refractivity contribution in [3.8, 4) is 0 Å². The normalized spacial score (nSPS) is 16.2. The largest absolute Gasteiger partial charge is 0.451 e. The summed E-state index contributed by atoms with van der Waals surface area (Å²) in [6.45, 7) is 7.13. The van der Waals surface area contributed by atoms with E-state index < -0.39 is 0 Å². The molecule has 1 aromatic carbocycles. The van der Waals surface area contributed by atoms with E-state index in [4.69, 9.17) is 9.40 Å². The molecular formula is C25H31N5O3. The quantitative estimate of drug-likeness (QED) is 0.636. The van der Waals surface area contributed by atoms with Gasteiger partial charge in [0, 0.05) is 57.0 Å². The van der Waals surface area contributed by atoms with Gasteiger partial charge in [0.2, 0.25) is 5.91 Å². The number of amides is 2. The van der Waals surface area contributed by atoms with Gasteiger partial charge in [0.25, 0.3) is 5.91 Å². The van der Waals surface area contributed by atoms with Crippen LogP contribution in [0.1, 0.15) is 58.9 Å². The van der Waals surface area contributed by atoms with Gasteiger partial charge >= 0.3 is 0 Å². The Morgan fingerprint density at radius 3 is 2.76 bits per heavy atom. The molecule has 0 spiro atoms. The second-order valence-corrected chi connectivity index (χ2v) is 8.87.